The van der Waals surface area contributed by atoms with Gasteiger partial charge in [-0.25, -0.2) is 4.39 Å². The summed E-state index contributed by atoms with van der Waals surface area (Å²) in [6, 6.07) is 8.69. The van der Waals surface area contributed by atoms with E-state index in [0.29, 0.717) is 10.6 Å². The molecule has 0 fully saturated rings. The van der Waals surface area contributed by atoms with Crippen molar-refractivity contribution in [3.8, 4) is 0 Å². The Morgan fingerprint density at radius 3 is 2.53 bits per heavy atom. The fourth-order valence-corrected chi connectivity index (χ4v) is 2.96. The number of halogens is 3. The molecule has 0 aromatic heterocycles. The Morgan fingerprint density at radius 2 is 1.84 bits per heavy atom. The molecule has 0 saturated heterocycles. The average Bonchev–Trinajstić information content (AvgIpc) is 2.36. The summed E-state index contributed by atoms with van der Waals surface area (Å²) >= 11 is 8.39. The maximum Gasteiger partial charge on any atom is 0.127 e. The smallest absolute Gasteiger partial charge is 0.127 e. The molecular weight excluding hydrogens is 376 g/mol. The highest BCUT2D eigenvalue weighted by molar-refractivity contribution is 14.1. The van der Waals surface area contributed by atoms with Crippen LogP contribution in [0, 0.1) is 23.2 Å². The van der Waals surface area contributed by atoms with E-state index in [0.717, 1.165) is 14.7 Å². The molecule has 4 heteroatoms. The van der Waals surface area contributed by atoms with Crippen molar-refractivity contribution in [2.24, 2.45) is 5.73 Å². The molecule has 2 aromatic rings. The summed E-state index contributed by atoms with van der Waals surface area (Å²) in [5.41, 5.74) is 9.78. The van der Waals surface area contributed by atoms with Crippen molar-refractivity contribution < 1.29 is 4.39 Å². The molecule has 0 heterocycles. The van der Waals surface area contributed by atoms with Gasteiger partial charge in [0.2, 0.25) is 0 Å². The molecule has 100 valence electrons. The summed E-state index contributed by atoms with van der Waals surface area (Å²) in [6.45, 7) is 3.75. The standard InChI is InChI=1S/C15H14ClFIN/c1-8-4-3-5-10(14(8)18)15(19)11-6-9(2)13(17)7-12(11)16/h3-7,15H,19H2,1-2H3. The molecule has 1 nitrogen and oxygen atoms in total. The SMILES string of the molecule is Cc1cc(C(N)c2cccc(C)c2I)c(Cl)cc1F. The lowest BCUT2D eigenvalue weighted by Gasteiger charge is -2.18. The zero-order valence-corrected chi connectivity index (χ0v) is 13.6. The summed E-state index contributed by atoms with van der Waals surface area (Å²) < 4.78 is 14.6. The first-order valence-electron chi connectivity index (χ1n) is 5.88. The number of aryl methyl sites for hydroxylation is 2. The van der Waals surface area contributed by atoms with E-state index in [1.807, 2.05) is 25.1 Å². The van der Waals surface area contributed by atoms with Crippen LogP contribution in [0.25, 0.3) is 0 Å². The first-order valence-corrected chi connectivity index (χ1v) is 7.33. The highest BCUT2D eigenvalue weighted by atomic mass is 127. The fourth-order valence-electron chi connectivity index (χ4n) is 2.00. The van der Waals surface area contributed by atoms with Gasteiger partial charge in [-0.15, -0.1) is 0 Å². The molecule has 19 heavy (non-hydrogen) atoms. The summed E-state index contributed by atoms with van der Waals surface area (Å²) in [6.07, 6.45) is 0. The third-order valence-corrected chi connectivity index (χ3v) is 4.97. The van der Waals surface area contributed by atoms with E-state index in [9.17, 15) is 4.39 Å². The molecule has 0 aliphatic heterocycles. The van der Waals surface area contributed by atoms with Crippen molar-refractivity contribution in [2.45, 2.75) is 19.9 Å². The molecule has 0 bridgehead atoms. The Morgan fingerprint density at radius 1 is 1.16 bits per heavy atom. The molecule has 0 aliphatic rings. The van der Waals surface area contributed by atoms with Crippen LogP contribution in [0.15, 0.2) is 30.3 Å². The first kappa shape index (κ1) is 14.8. The van der Waals surface area contributed by atoms with Crippen LogP contribution >= 0.6 is 34.2 Å². The molecule has 0 radical (unpaired) electrons. The molecule has 0 amide bonds. The molecule has 2 rings (SSSR count). The molecule has 2 N–H and O–H groups in total. The number of hydrogen-bond donors (Lipinski definition) is 1. The normalized spacial score (nSPS) is 12.5. The quantitative estimate of drug-likeness (QED) is 0.737. The third-order valence-electron chi connectivity index (χ3n) is 3.17. The van der Waals surface area contributed by atoms with Crippen molar-refractivity contribution in [1.29, 1.82) is 0 Å². The topological polar surface area (TPSA) is 26.0 Å². The lowest BCUT2D eigenvalue weighted by atomic mass is 9.97. The van der Waals surface area contributed by atoms with Gasteiger partial charge in [0.15, 0.2) is 0 Å². The molecule has 0 aliphatic carbocycles. The zero-order chi connectivity index (χ0) is 14.2. The van der Waals surface area contributed by atoms with E-state index in [2.05, 4.69) is 22.6 Å². The van der Waals surface area contributed by atoms with Crippen LogP contribution in [0.2, 0.25) is 5.02 Å². The van der Waals surface area contributed by atoms with E-state index in [1.165, 1.54) is 11.6 Å². The third kappa shape index (κ3) is 2.93. The van der Waals surface area contributed by atoms with Crippen molar-refractivity contribution >= 4 is 34.2 Å². The Kier molecular flexibility index (Phi) is 4.48. The van der Waals surface area contributed by atoms with Gasteiger partial charge < -0.3 is 5.73 Å². The Bertz CT molecular complexity index is 628. The van der Waals surface area contributed by atoms with Gasteiger partial charge in [0.05, 0.1) is 6.04 Å². The van der Waals surface area contributed by atoms with Crippen LogP contribution < -0.4 is 5.73 Å². The Balaban J connectivity index is 2.53. The summed E-state index contributed by atoms with van der Waals surface area (Å²) in [4.78, 5) is 0. The van der Waals surface area contributed by atoms with Crippen LogP contribution in [-0.4, -0.2) is 0 Å². The summed E-state index contributed by atoms with van der Waals surface area (Å²) in [7, 11) is 0. The Labute approximate surface area is 131 Å². The maximum atomic E-state index is 13.4. The van der Waals surface area contributed by atoms with Crippen molar-refractivity contribution in [2.75, 3.05) is 0 Å². The fraction of sp³-hybridized carbons (Fsp3) is 0.200. The van der Waals surface area contributed by atoms with Crippen LogP contribution in [-0.2, 0) is 0 Å². The van der Waals surface area contributed by atoms with Gasteiger partial charge in [-0.2, -0.15) is 0 Å². The van der Waals surface area contributed by atoms with Crippen molar-refractivity contribution in [3.63, 3.8) is 0 Å². The van der Waals surface area contributed by atoms with E-state index in [1.54, 1.807) is 13.0 Å². The Hall–Kier alpha value is -0.650. The van der Waals surface area contributed by atoms with Gasteiger partial charge in [0.25, 0.3) is 0 Å². The van der Waals surface area contributed by atoms with Crippen LogP contribution in [0.1, 0.15) is 28.3 Å². The number of rotatable bonds is 2. The second-order valence-electron chi connectivity index (χ2n) is 4.58. The van der Waals surface area contributed by atoms with Gasteiger partial charge in [-0.05, 0) is 70.8 Å². The molecule has 1 atom stereocenters. The predicted octanol–water partition coefficient (Wildman–Crippen LogP) is 4.75. The molecular formula is C15H14ClFIN. The van der Waals surface area contributed by atoms with Gasteiger partial charge in [0, 0.05) is 8.59 Å². The van der Waals surface area contributed by atoms with Gasteiger partial charge in [-0.1, -0.05) is 29.8 Å². The monoisotopic (exact) mass is 389 g/mol. The second-order valence-corrected chi connectivity index (χ2v) is 6.06. The lowest BCUT2D eigenvalue weighted by molar-refractivity contribution is 0.617. The highest BCUT2D eigenvalue weighted by Gasteiger charge is 2.17. The van der Waals surface area contributed by atoms with E-state index < -0.39 is 0 Å². The summed E-state index contributed by atoms with van der Waals surface area (Å²) in [5.74, 6) is -0.306. The van der Waals surface area contributed by atoms with E-state index in [4.69, 9.17) is 17.3 Å². The number of nitrogens with two attached hydrogens (primary N) is 1. The van der Waals surface area contributed by atoms with Gasteiger partial charge in [-0.3, -0.25) is 0 Å². The minimum Gasteiger partial charge on any atom is -0.320 e. The predicted molar refractivity (Wildman–Crippen MR) is 86.1 cm³/mol. The largest absolute Gasteiger partial charge is 0.320 e. The molecule has 0 spiro atoms. The van der Waals surface area contributed by atoms with Crippen molar-refractivity contribution in [1.82, 2.24) is 0 Å². The van der Waals surface area contributed by atoms with E-state index in [-0.39, 0.29) is 11.9 Å². The molecule has 2 aromatic carbocycles. The lowest BCUT2D eigenvalue weighted by Crippen LogP contribution is -2.15. The van der Waals surface area contributed by atoms with Gasteiger partial charge >= 0.3 is 0 Å². The van der Waals surface area contributed by atoms with Crippen molar-refractivity contribution in [3.05, 3.63) is 67.0 Å². The summed E-state index contributed by atoms with van der Waals surface area (Å²) in [5, 5.41) is 0.368. The molecule has 0 saturated carbocycles. The number of hydrogen-bond acceptors (Lipinski definition) is 1. The number of benzene rings is 2. The minimum atomic E-state index is -0.349. The zero-order valence-electron chi connectivity index (χ0n) is 10.7. The molecule has 1 unspecified atom stereocenters. The highest BCUT2D eigenvalue weighted by Crippen LogP contribution is 2.31. The average molecular weight is 390 g/mol. The second kappa shape index (κ2) is 5.77. The van der Waals surface area contributed by atoms with Crippen LogP contribution in [0.5, 0.6) is 0 Å². The van der Waals surface area contributed by atoms with Crippen LogP contribution in [0.4, 0.5) is 4.39 Å². The van der Waals surface area contributed by atoms with Crippen LogP contribution in [0.3, 0.4) is 0 Å². The minimum absolute atomic E-state index is 0.306. The van der Waals surface area contributed by atoms with E-state index >= 15 is 0 Å². The van der Waals surface area contributed by atoms with Gasteiger partial charge in [0.1, 0.15) is 5.82 Å². The first-order chi connectivity index (χ1) is 8.91. The maximum absolute atomic E-state index is 13.4.